The van der Waals surface area contributed by atoms with Crippen molar-refractivity contribution in [1.29, 1.82) is 0 Å². The molecule has 0 fully saturated rings. The van der Waals surface area contributed by atoms with E-state index >= 15 is 0 Å². The maximum atomic E-state index is 5.95. The van der Waals surface area contributed by atoms with Gasteiger partial charge in [-0.1, -0.05) is 18.2 Å². The van der Waals surface area contributed by atoms with Gasteiger partial charge in [0.1, 0.15) is 0 Å². The first-order valence-electron chi connectivity index (χ1n) is 6.01. The van der Waals surface area contributed by atoms with E-state index in [9.17, 15) is 0 Å². The summed E-state index contributed by atoms with van der Waals surface area (Å²) in [4.78, 5) is 0. The molecule has 2 aromatic rings. The van der Waals surface area contributed by atoms with Crippen molar-refractivity contribution in [3.8, 4) is 0 Å². The van der Waals surface area contributed by atoms with Crippen LogP contribution < -0.4 is 11.1 Å². The third-order valence-electron chi connectivity index (χ3n) is 2.82. The van der Waals surface area contributed by atoms with Crippen LogP contribution >= 0.6 is 11.3 Å². The SMILES string of the molecule is CC(C)(N)CCNCc1csc2ccccc12. The first kappa shape index (κ1) is 12.6. The smallest absolute Gasteiger partial charge is 0.0346 e. The molecular formula is C14H20N2S. The zero-order chi connectivity index (χ0) is 12.3. The molecule has 0 atom stereocenters. The summed E-state index contributed by atoms with van der Waals surface area (Å²) in [5, 5.41) is 7.08. The topological polar surface area (TPSA) is 38.0 Å². The van der Waals surface area contributed by atoms with Crippen LogP contribution in [-0.4, -0.2) is 12.1 Å². The Morgan fingerprint density at radius 2 is 2.06 bits per heavy atom. The fourth-order valence-corrected chi connectivity index (χ4v) is 2.77. The Kier molecular flexibility index (Phi) is 3.82. The van der Waals surface area contributed by atoms with Crippen LogP contribution in [0.15, 0.2) is 29.6 Å². The summed E-state index contributed by atoms with van der Waals surface area (Å²) in [5.74, 6) is 0. The highest BCUT2D eigenvalue weighted by molar-refractivity contribution is 7.17. The lowest BCUT2D eigenvalue weighted by atomic mass is 10.0. The average molecular weight is 248 g/mol. The van der Waals surface area contributed by atoms with Gasteiger partial charge in [-0.2, -0.15) is 0 Å². The number of benzene rings is 1. The van der Waals surface area contributed by atoms with Gasteiger partial charge >= 0.3 is 0 Å². The van der Waals surface area contributed by atoms with Crippen LogP contribution in [0.25, 0.3) is 10.1 Å². The number of nitrogens with two attached hydrogens (primary N) is 1. The first-order chi connectivity index (χ1) is 8.06. The molecule has 0 bridgehead atoms. The summed E-state index contributed by atoms with van der Waals surface area (Å²) in [6, 6.07) is 8.55. The van der Waals surface area contributed by atoms with Crippen LogP contribution in [0.2, 0.25) is 0 Å². The van der Waals surface area contributed by atoms with Crippen LogP contribution in [0.3, 0.4) is 0 Å². The van der Waals surface area contributed by atoms with E-state index in [1.807, 2.05) is 11.3 Å². The van der Waals surface area contributed by atoms with E-state index in [-0.39, 0.29) is 5.54 Å². The molecule has 0 saturated carbocycles. The van der Waals surface area contributed by atoms with Crippen LogP contribution in [0.4, 0.5) is 0 Å². The molecule has 2 rings (SSSR count). The Morgan fingerprint density at radius 1 is 1.29 bits per heavy atom. The predicted octanol–water partition coefficient (Wildman–Crippen LogP) is 3.12. The molecule has 0 aliphatic carbocycles. The van der Waals surface area contributed by atoms with Gasteiger partial charge in [-0.05, 0) is 49.2 Å². The minimum atomic E-state index is -0.0796. The molecule has 0 aliphatic heterocycles. The van der Waals surface area contributed by atoms with Crippen molar-refractivity contribution in [2.45, 2.75) is 32.4 Å². The molecular weight excluding hydrogens is 228 g/mol. The Morgan fingerprint density at radius 3 is 2.82 bits per heavy atom. The third kappa shape index (κ3) is 3.53. The molecule has 1 heterocycles. The van der Waals surface area contributed by atoms with E-state index in [1.54, 1.807) is 0 Å². The summed E-state index contributed by atoms with van der Waals surface area (Å²) in [6.07, 6.45) is 0.995. The second kappa shape index (κ2) is 5.17. The number of hydrogen-bond acceptors (Lipinski definition) is 3. The number of rotatable bonds is 5. The largest absolute Gasteiger partial charge is 0.326 e. The molecule has 0 amide bonds. The molecule has 0 unspecified atom stereocenters. The fraction of sp³-hybridized carbons (Fsp3) is 0.429. The number of nitrogens with one attached hydrogen (secondary N) is 1. The second-order valence-corrected chi connectivity index (χ2v) is 6.08. The minimum Gasteiger partial charge on any atom is -0.326 e. The average Bonchev–Trinajstić information content (AvgIpc) is 2.67. The van der Waals surface area contributed by atoms with Crippen molar-refractivity contribution in [3.05, 3.63) is 35.2 Å². The first-order valence-corrected chi connectivity index (χ1v) is 6.89. The standard InChI is InChI=1S/C14H20N2S/c1-14(2,15)7-8-16-9-11-10-17-13-6-4-3-5-12(11)13/h3-6,10,16H,7-9,15H2,1-2H3. The monoisotopic (exact) mass is 248 g/mol. The summed E-state index contributed by atoms with van der Waals surface area (Å²) < 4.78 is 1.36. The van der Waals surface area contributed by atoms with Crippen molar-refractivity contribution in [3.63, 3.8) is 0 Å². The van der Waals surface area contributed by atoms with Crippen molar-refractivity contribution in [2.24, 2.45) is 5.73 Å². The highest BCUT2D eigenvalue weighted by Crippen LogP contribution is 2.25. The molecule has 3 N–H and O–H groups in total. The summed E-state index contributed by atoms with van der Waals surface area (Å²) >= 11 is 1.81. The quantitative estimate of drug-likeness (QED) is 0.798. The lowest BCUT2D eigenvalue weighted by Gasteiger charge is -2.18. The van der Waals surface area contributed by atoms with E-state index in [0.29, 0.717) is 0 Å². The zero-order valence-electron chi connectivity index (χ0n) is 10.5. The molecule has 0 aliphatic rings. The summed E-state index contributed by atoms with van der Waals surface area (Å²) in [7, 11) is 0. The lowest BCUT2D eigenvalue weighted by Crippen LogP contribution is -2.35. The predicted molar refractivity (Wildman–Crippen MR) is 76.4 cm³/mol. The lowest BCUT2D eigenvalue weighted by molar-refractivity contribution is 0.455. The Bertz CT molecular complexity index is 482. The minimum absolute atomic E-state index is 0.0796. The highest BCUT2D eigenvalue weighted by Gasteiger charge is 2.09. The second-order valence-electron chi connectivity index (χ2n) is 5.17. The van der Waals surface area contributed by atoms with Crippen molar-refractivity contribution >= 4 is 21.4 Å². The Labute approximate surface area is 107 Å². The van der Waals surface area contributed by atoms with Gasteiger partial charge in [-0.15, -0.1) is 11.3 Å². The van der Waals surface area contributed by atoms with E-state index in [2.05, 4.69) is 48.8 Å². The normalized spacial score (nSPS) is 12.2. The molecule has 3 heteroatoms. The van der Waals surface area contributed by atoms with Gasteiger partial charge in [0, 0.05) is 16.8 Å². The molecule has 1 aromatic carbocycles. The van der Waals surface area contributed by atoms with E-state index in [0.717, 1.165) is 19.5 Å². The van der Waals surface area contributed by atoms with Crippen molar-refractivity contribution in [2.75, 3.05) is 6.54 Å². The van der Waals surface area contributed by atoms with Gasteiger partial charge in [-0.3, -0.25) is 0 Å². The molecule has 2 nitrogen and oxygen atoms in total. The van der Waals surface area contributed by atoms with Crippen LogP contribution in [-0.2, 0) is 6.54 Å². The van der Waals surface area contributed by atoms with E-state index < -0.39 is 0 Å². The third-order valence-corrected chi connectivity index (χ3v) is 3.84. The molecule has 17 heavy (non-hydrogen) atoms. The fourth-order valence-electron chi connectivity index (χ4n) is 1.80. The molecule has 0 radical (unpaired) electrons. The summed E-state index contributed by atoms with van der Waals surface area (Å²) in [6.45, 7) is 6.02. The highest BCUT2D eigenvalue weighted by atomic mass is 32.1. The molecule has 0 spiro atoms. The maximum absolute atomic E-state index is 5.95. The number of fused-ring (bicyclic) bond motifs is 1. The van der Waals surface area contributed by atoms with Crippen LogP contribution in [0, 0.1) is 0 Å². The van der Waals surface area contributed by atoms with Crippen LogP contribution in [0.5, 0.6) is 0 Å². The summed E-state index contributed by atoms with van der Waals surface area (Å²) in [5.41, 5.74) is 7.26. The molecule has 0 saturated heterocycles. The van der Waals surface area contributed by atoms with E-state index in [1.165, 1.54) is 15.6 Å². The van der Waals surface area contributed by atoms with Gasteiger partial charge in [0.25, 0.3) is 0 Å². The Balaban J connectivity index is 1.91. The Hall–Kier alpha value is -0.900. The van der Waals surface area contributed by atoms with Gasteiger partial charge in [0.05, 0.1) is 0 Å². The number of hydrogen-bond donors (Lipinski definition) is 2. The zero-order valence-corrected chi connectivity index (χ0v) is 11.3. The maximum Gasteiger partial charge on any atom is 0.0346 e. The van der Waals surface area contributed by atoms with E-state index in [4.69, 9.17) is 5.73 Å². The van der Waals surface area contributed by atoms with Crippen molar-refractivity contribution in [1.82, 2.24) is 5.32 Å². The van der Waals surface area contributed by atoms with Gasteiger partial charge < -0.3 is 11.1 Å². The molecule has 1 aromatic heterocycles. The van der Waals surface area contributed by atoms with Gasteiger partial charge in [0.2, 0.25) is 0 Å². The van der Waals surface area contributed by atoms with Gasteiger partial charge in [-0.25, -0.2) is 0 Å². The number of thiophene rings is 1. The van der Waals surface area contributed by atoms with Gasteiger partial charge in [0.15, 0.2) is 0 Å². The van der Waals surface area contributed by atoms with Crippen LogP contribution in [0.1, 0.15) is 25.8 Å². The molecule has 92 valence electrons. The van der Waals surface area contributed by atoms with Crippen molar-refractivity contribution < 1.29 is 0 Å².